The molecule has 232 valence electrons. The molecule has 3 heterocycles. The highest BCUT2D eigenvalue weighted by molar-refractivity contribution is 7.22. The zero-order valence-electron chi connectivity index (χ0n) is 24.9. The molecular formula is C35H28N2O8S. The van der Waals surface area contributed by atoms with E-state index in [0.29, 0.717) is 70.3 Å². The van der Waals surface area contributed by atoms with E-state index in [1.165, 1.54) is 23.3 Å². The fourth-order valence-electron chi connectivity index (χ4n) is 5.52. The Hall–Kier alpha value is -5.55. The van der Waals surface area contributed by atoms with E-state index in [9.17, 15) is 14.7 Å². The molecule has 1 fully saturated rings. The average Bonchev–Trinajstić information content (AvgIpc) is 3.64. The molecule has 0 spiro atoms. The van der Waals surface area contributed by atoms with Crippen LogP contribution in [0.4, 0.5) is 5.13 Å². The Bertz CT molecular complexity index is 2010. The van der Waals surface area contributed by atoms with Gasteiger partial charge in [-0.05, 0) is 59.7 Å². The number of methoxy groups -OCH3 is 2. The average molecular weight is 637 g/mol. The largest absolute Gasteiger partial charge is 0.507 e. The molecule has 0 bridgehead atoms. The number of ether oxygens (including phenoxy) is 5. The van der Waals surface area contributed by atoms with Crippen LogP contribution in [-0.2, 0) is 16.2 Å². The fourth-order valence-corrected chi connectivity index (χ4v) is 6.54. The summed E-state index contributed by atoms with van der Waals surface area (Å²) >= 11 is 1.24. The summed E-state index contributed by atoms with van der Waals surface area (Å²) in [6.07, 6.45) is 0. The normalized spacial score (nSPS) is 16.9. The van der Waals surface area contributed by atoms with Crippen molar-refractivity contribution in [2.45, 2.75) is 12.6 Å². The van der Waals surface area contributed by atoms with Crippen molar-refractivity contribution in [1.29, 1.82) is 0 Å². The predicted molar refractivity (Wildman–Crippen MR) is 172 cm³/mol. The number of fused-ring (bicyclic) bond motifs is 2. The summed E-state index contributed by atoms with van der Waals surface area (Å²) in [5.74, 6) is 0.447. The Morgan fingerprint density at radius 1 is 0.913 bits per heavy atom. The lowest BCUT2D eigenvalue weighted by Gasteiger charge is -2.24. The number of ketones is 1. The molecule has 1 saturated heterocycles. The van der Waals surface area contributed by atoms with Crippen LogP contribution in [0.5, 0.6) is 28.7 Å². The van der Waals surface area contributed by atoms with Crippen LogP contribution in [0.25, 0.3) is 16.0 Å². The number of benzene rings is 4. The third-order valence-electron chi connectivity index (χ3n) is 7.79. The van der Waals surface area contributed by atoms with Crippen molar-refractivity contribution in [2.24, 2.45) is 0 Å². The van der Waals surface area contributed by atoms with E-state index in [0.717, 1.165) is 10.3 Å². The minimum Gasteiger partial charge on any atom is -0.507 e. The number of amides is 1. The minimum atomic E-state index is -1.03. The van der Waals surface area contributed by atoms with Gasteiger partial charge in [0, 0.05) is 5.56 Å². The Kier molecular flexibility index (Phi) is 7.67. The van der Waals surface area contributed by atoms with E-state index in [-0.39, 0.29) is 11.3 Å². The van der Waals surface area contributed by atoms with Gasteiger partial charge in [0.2, 0.25) is 0 Å². The summed E-state index contributed by atoms with van der Waals surface area (Å²) in [4.78, 5) is 33.6. The van der Waals surface area contributed by atoms with E-state index in [1.54, 1.807) is 55.6 Å². The lowest BCUT2D eigenvalue weighted by molar-refractivity contribution is -0.132. The fraction of sp³-hybridized carbons (Fsp3) is 0.171. The first-order chi connectivity index (χ1) is 22.4. The van der Waals surface area contributed by atoms with Crippen molar-refractivity contribution < 1.29 is 38.4 Å². The van der Waals surface area contributed by atoms with Gasteiger partial charge in [0.1, 0.15) is 31.3 Å². The summed E-state index contributed by atoms with van der Waals surface area (Å²) in [6, 6.07) is 24.1. The van der Waals surface area contributed by atoms with Gasteiger partial charge in [-0.25, -0.2) is 4.98 Å². The summed E-state index contributed by atoms with van der Waals surface area (Å²) in [5.41, 5.74) is 2.33. The first kappa shape index (κ1) is 29.2. The number of hydrogen-bond acceptors (Lipinski definition) is 10. The number of thiazole rings is 1. The van der Waals surface area contributed by atoms with Crippen molar-refractivity contribution in [3.8, 4) is 28.7 Å². The number of anilines is 1. The molecule has 5 aromatic rings. The number of carbonyl (C=O) groups is 2. The van der Waals surface area contributed by atoms with Crippen LogP contribution in [0.2, 0.25) is 0 Å². The highest BCUT2D eigenvalue weighted by atomic mass is 32.1. The molecule has 0 aliphatic carbocycles. The zero-order chi connectivity index (χ0) is 31.8. The Balaban J connectivity index is 1.35. The van der Waals surface area contributed by atoms with Crippen LogP contribution in [0.1, 0.15) is 22.7 Å². The number of aliphatic hydroxyl groups excluding tert-OH is 1. The van der Waals surface area contributed by atoms with Crippen molar-refractivity contribution in [1.82, 2.24) is 4.98 Å². The maximum Gasteiger partial charge on any atom is 0.301 e. The molecular weight excluding hydrogens is 608 g/mol. The maximum absolute atomic E-state index is 13.8. The number of rotatable bonds is 8. The number of aliphatic hydroxyl groups is 1. The summed E-state index contributed by atoms with van der Waals surface area (Å²) in [7, 11) is 3.09. The van der Waals surface area contributed by atoms with Gasteiger partial charge in [0.25, 0.3) is 5.78 Å². The number of hydrogen-bond donors (Lipinski definition) is 1. The maximum atomic E-state index is 13.8. The van der Waals surface area contributed by atoms with Crippen molar-refractivity contribution in [3.05, 3.63) is 107 Å². The summed E-state index contributed by atoms with van der Waals surface area (Å²) in [5, 5.41) is 12.0. The van der Waals surface area contributed by atoms with E-state index >= 15 is 0 Å². The second-order valence-electron chi connectivity index (χ2n) is 10.5. The first-order valence-electron chi connectivity index (χ1n) is 14.5. The molecule has 10 nitrogen and oxygen atoms in total. The molecule has 2 aliphatic rings. The number of Topliss-reactive ketones (excluding diaryl/α,β-unsaturated/α-hetero) is 1. The monoisotopic (exact) mass is 636 g/mol. The van der Waals surface area contributed by atoms with Gasteiger partial charge >= 0.3 is 5.91 Å². The molecule has 46 heavy (non-hydrogen) atoms. The molecule has 0 unspecified atom stereocenters. The van der Waals surface area contributed by atoms with Crippen LogP contribution in [0.3, 0.4) is 0 Å². The van der Waals surface area contributed by atoms with E-state index in [4.69, 9.17) is 28.7 Å². The van der Waals surface area contributed by atoms with Gasteiger partial charge in [-0.2, -0.15) is 0 Å². The van der Waals surface area contributed by atoms with Crippen molar-refractivity contribution in [2.75, 3.05) is 32.3 Å². The van der Waals surface area contributed by atoms with Crippen molar-refractivity contribution >= 4 is 44.1 Å². The first-order valence-corrected chi connectivity index (χ1v) is 15.3. The smallest absolute Gasteiger partial charge is 0.301 e. The second kappa shape index (κ2) is 12.1. The van der Waals surface area contributed by atoms with Gasteiger partial charge in [0.15, 0.2) is 28.1 Å². The number of nitrogens with zero attached hydrogens (tertiary/aromatic N) is 2. The van der Waals surface area contributed by atoms with Gasteiger partial charge in [0.05, 0.1) is 36.1 Å². The van der Waals surface area contributed by atoms with Crippen LogP contribution in [0.15, 0.2) is 90.5 Å². The van der Waals surface area contributed by atoms with Crippen LogP contribution in [-0.4, -0.2) is 49.2 Å². The van der Waals surface area contributed by atoms with Gasteiger partial charge in [-0.15, -0.1) is 0 Å². The lowest BCUT2D eigenvalue weighted by atomic mass is 9.95. The summed E-state index contributed by atoms with van der Waals surface area (Å²) < 4.78 is 29.2. The molecule has 0 radical (unpaired) electrons. The number of carbonyl (C=O) groups excluding carboxylic acids is 2. The van der Waals surface area contributed by atoms with Gasteiger partial charge < -0.3 is 28.8 Å². The van der Waals surface area contributed by atoms with E-state index in [2.05, 4.69) is 0 Å². The molecule has 1 N–H and O–H groups in total. The van der Waals surface area contributed by atoms with Gasteiger partial charge in [-0.3, -0.25) is 14.5 Å². The standard InChI is InChI=1S/C35H28N2O8S/c1-41-23-10-11-24-29(18-23)46-35(36-24)37-31(21-8-12-25(27(16-21)42-2)45-19-20-6-4-3-5-7-20)30(33(39)34(37)40)32(38)22-9-13-26-28(17-22)44-15-14-43-26/h3-13,16-18,31,38H,14-15,19H2,1-2H3/b32-30+/t31-/m0/s1. The molecule has 1 amide bonds. The molecule has 1 aromatic heterocycles. The molecule has 1 atom stereocenters. The molecule has 11 heteroatoms. The highest BCUT2D eigenvalue weighted by Gasteiger charge is 2.48. The lowest BCUT2D eigenvalue weighted by Crippen LogP contribution is -2.29. The molecule has 0 saturated carbocycles. The Morgan fingerprint density at radius 2 is 1.72 bits per heavy atom. The summed E-state index contributed by atoms with van der Waals surface area (Å²) in [6.45, 7) is 1.07. The van der Waals surface area contributed by atoms with Gasteiger partial charge in [-0.1, -0.05) is 47.7 Å². The minimum absolute atomic E-state index is 0.0986. The van der Waals surface area contributed by atoms with E-state index in [1.807, 2.05) is 36.4 Å². The molecule has 7 rings (SSSR count). The Morgan fingerprint density at radius 3 is 2.50 bits per heavy atom. The van der Waals surface area contributed by atoms with Crippen molar-refractivity contribution in [3.63, 3.8) is 0 Å². The molecule has 2 aliphatic heterocycles. The SMILES string of the molecule is COc1ccc2nc(N3C(=O)C(=O)/C(=C(/O)c4ccc5c(c4)OCCO5)[C@@H]3c3ccc(OCc4ccccc4)c(OC)c3)sc2c1. The predicted octanol–water partition coefficient (Wildman–Crippen LogP) is 6.29. The van der Waals surface area contributed by atoms with Crippen LogP contribution >= 0.6 is 11.3 Å². The molecule has 4 aromatic carbocycles. The van der Waals surface area contributed by atoms with E-state index < -0.39 is 17.7 Å². The van der Waals surface area contributed by atoms with Crippen LogP contribution in [0, 0.1) is 0 Å². The third-order valence-corrected chi connectivity index (χ3v) is 8.81. The van der Waals surface area contributed by atoms with Crippen LogP contribution < -0.4 is 28.6 Å². The number of aromatic nitrogens is 1. The highest BCUT2D eigenvalue weighted by Crippen LogP contribution is 2.46. The zero-order valence-corrected chi connectivity index (χ0v) is 25.7. The second-order valence-corrected chi connectivity index (χ2v) is 11.6. The Labute approximate surface area is 268 Å². The quantitative estimate of drug-likeness (QED) is 0.119. The third kappa shape index (κ3) is 5.24. The topological polar surface area (TPSA) is 117 Å².